The number of hydrogen-bond acceptors (Lipinski definition) is 4. The summed E-state index contributed by atoms with van der Waals surface area (Å²) in [5.74, 6) is 0.825. The van der Waals surface area contributed by atoms with Crippen LogP contribution in [-0.2, 0) is 4.79 Å². The van der Waals surface area contributed by atoms with Crippen LogP contribution in [0.2, 0.25) is 5.02 Å². The number of piperazine rings is 1. The van der Waals surface area contributed by atoms with E-state index in [0.717, 1.165) is 6.42 Å². The second-order valence-corrected chi connectivity index (χ2v) is 6.60. The molecule has 0 unspecified atom stereocenters. The van der Waals surface area contributed by atoms with Crippen LogP contribution < -0.4 is 10.6 Å². The summed E-state index contributed by atoms with van der Waals surface area (Å²) in [5.41, 5.74) is 5.51. The lowest BCUT2D eigenvalue weighted by molar-refractivity contribution is -0.131. The minimum Gasteiger partial charge on any atom is -0.366 e. The van der Waals surface area contributed by atoms with Crippen molar-refractivity contribution in [3.8, 4) is 0 Å². The van der Waals surface area contributed by atoms with Crippen molar-refractivity contribution >= 4 is 29.2 Å². The molecule has 0 atom stereocenters. The van der Waals surface area contributed by atoms with Gasteiger partial charge < -0.3 is 15.5 Å². The molecule has 2 amide bonds. The Morgan fingerprint density at radius 1 is 1.30 bits per heavy atom. The van der Waals surface area contributed by atoms with E-state index in [9.17, 15) is 9.59 Å². The van der Waals surface area contributed by atoms with Crippen molar-refractivity contribution < 1.29 is 9.59 Å². The molecule has 1 fully saturated rings. The molecule has 1 aliphatic rings. The van der Waals surface area contributed by atoms with E-state index in [-0.39, 0.29) is 5.91 Å². The highest BCUT2D eigenvalue weighted by atomic mass is 35.5. The van der Waals surface area contributed by atoms with E-state index in [2.05, 4.69) is 18.8 Å². The van der Waals surface area contributed by atoms with Gasteiger partial charge in [0.1, 0.15) is 5.82 Å². The van der Waals surface area contributed by atoms with Crippen molar-refractivity contribution in [2.24, 2.45) is 11.7 Å². The lowest BCUT2D eigenvalue weighted by Gasteiger charge is -2.36. The van der Waals surface area contributed by atoms with Crippen LogP contribution in [0.3, 0.4) is 0 Å². The van der Waals surface area contributed by atoms with E-state index in [1.54, 1.807) is 0 Å². The summed E-state index contributed by atoms with van der Waals surface area (Å²) in [7, 11) is 0. The van der Waals surface area contributed by atoms with Crippen molar-refractivity contribution in [3.63, 3.8) is 0 Å². The average molecular weight is 339 g/mol. The number of halogens is 1. The van der Waals surface area contributed by atoms with Gasteiger partial charge in [0.25, 0.3) is 0 Å². The van der Waals surface area contributed by atoms with Crippen molar-refractivity contribution in [1.29, 1.82) is 0 Å². The zero-order valence-electron chi connectivity index (χ0n) is 13.6. The first-order valence-electron chi connectivity index (χ1n) is 7.86. The minimum atomic E-state index is -0.550. The summed E-state index contributed by atoms with van der Waals surface area (Å²) in [6.45, 7) is 6.91. The Morgan fingerprint density at radius 2 is 1.96 bits per heavy atom. The number of aromatic nitrogens is 1. The molecule has 2 heterocycles. The first-order chi connectivity index (χ1) is 10.9. The SMILES string of the molecule is CC(C)CCC(=O)N1CCN(c2ncc(C(N)=O)cc2Cl)CC1. The molecule has 1 saturated heterocycles. The highest BCUT2D eigenvalue weighted by Crippen LogP contribution is 2.25. The third-order valence-electron chi connectivity index (χ3n) is 3.97. The number of amides is 2. The summed E-state index contributed by atoms with van der Waals surface area (Å²) < 4.78 is 0. The molecule has 0 bridgehead atoms. The molecule has 1 aromatic rings. The molecule has 2 rings (SSSR count). The van der Waals surface area contributed by atoms with E-state index < -0.39 is 5.91 Å². The van der Waals surface area contributed by atoms with Gasteiger partial charge in [0.05, 0.1) is 10.6 Å². The molecule has 1 aromatic heterocycles. The lowest BCUT2D eigenvalue weighted by atomic mass is 10.1. The van der Waals surface area contributed by atoms with Crippen LogP contribution in [0, 0.1) is 5.92 Å². The molecular formula is C16H23ClN4O2. The summed E-state index contributed by atoms with van der Waals surface area (Å²) in [6.07, 6.45) is 2.95. The number of anilines is 1. The molecule has 23 heavy (non-hydrogen) atoms. The molecular weight excluding hydrogens is 316 g/mol. The molecule has 0 spiro atoms. The molecule has 6 nitrogen and oxygen atoms in total. The van der Waals surface area contributed by atoms with Gasteiger partial charge in [-0.25, -0.2) is 4.98 Å². The zero-order valence-corrected chi connectivity index (χ0v) is 14.3. The maximum Gasteiger partial charge on any atom is 0.250 e. The molecule has 7 heteroatoms. The third kappa shape index (κ3) is 4.58. The van der Waals surface area contributed by atoms with Crippen LogP contribution in [0.4, 0.5) is 5.82 Å². The van der Waals surface area contributed by atoms with Gasteiger partial charge in [0, 0.05) is 38.8 Å². The molecule has 1 aliphatic heterocycles. The van der Waals surface area contributed by atoms with Gasteiger partial charge in [-0.2, -0.15) is 0 Å². The highest BCUT2D eigenvalue weighted by molar-refractivity contribution is 6.33. The van der Waals surface area contributed by atoms with Crippen LogP contribution in [-0.4, -0.2) is 47.9 Å². The van der Waals surface area contributed by atoms with Gasteiger partial charge >= 0.3 is 0 Å². The van der Waals surface area contributed by atoms with Gasteiger partial charge in [0.2, 0.25) is 11.8 Å². The van der Waals surface area contributed by atoms with Crippen LogP contribution in [0.1, 0.15) is 37.0 Å². The number of hydrogen-bond donors (Lipinski definition) is 1. The first kappa shape index (κ1) is 17.5. The molecule has 126 valence electrons. The Hall–Kier alpha value is -1.82. The van der Waals surface area contributed by atoms with Crippen molar-refractivity contribution in [2.45, 2.75) is 26.7 Å². The number of nitrogens with two attached hydrogens (primary N) is 1. The molecule has 0 aromatic carbocycles. The molecule has 0 radical (unpaired) electrons. The fourth-order valence-corrected chi connectivity index (χ4v) is 2.82. The number of primary amides is 1. The molecule has 2 N–H and O–H groups in total. The van der Waals surface area contributed by atoms with E-state index in [1.807, 2.05) is 9.80 Å². The fraction of sp³-hybridized carbons (Fsp3) is 0.562. The first-order valence-corrected chi connectivity index (χ1v) is 8.24. The van der Waals surface area contributed by atoms with Crippen molar-refractivity contribution in [3.05, 3.63) is 22.8 Å². The van der Waals surface area contributed by atoms with Crippen LogP contribution in [0.25, 0.3) is 0 Å². The highest BCUT2D eigenvalue weighted by Gasteiger charge is 2.23. The van der Waals surface area contributed by atoms with Gasteiger partial charge in [-0.05, 0) is 18.4 Å². The normalized spacial score (nSPS) is 15.1. The second-order valence-electron chi connectivity index (χ2n) is 6.19. The maximum absolute atomic E-state index is 12.1. The number of carbonyl (C=O) groups excluding carboxylic acids is 2. The lowest BCUT2D eigenvalue weighted by Crippen LogP contribution is -2.49. The Kier molecular flexibility index (Phi) is 5.82. The predicted octanol–water partition coefficient (Wildman–Crippen LogP) is 1.92. The summed E-state index contributed by atoms with van der Waals surface area (Å²) in [5, 5.41) is 0.404. The van der Waals surface area contributed by atoms with Crippen LogP contribution >= 0.6 is 11.6 Å². The number of carbonyl (C=O) groups is 2. The number of nitrogens with zero attached hydrogens (tertiary/aromatic N) is 3. The standard InChI is InChI=1S/C16H23ClN4O2/c1-11(2)3-4-14(22)20-5-7-21(8-6-20)16-13(17)9-12(10-19-16)15(18)23/h9-11H,3-8H2,1-2H3,(H2,18,23). The summed E-state index contributed by atoms with van der Waals surface area (Å²) in [6, 6.07) is 1.53. The summed E-state index contributed by atoms with van der Waals surface area (Å²) in [4.78, 5) is 31.4. The van der Waals surface area contributed by atoms with E-state index in [1.165, 1.54) is 12.3 Å². The smallest absolute Gasteiger partial charge is 0.250 e. The van der Waals surface area contributed by atoms with E-state index in [0.29, 0.717) is 54.9 Å². The number of rotatable bonds is 5. The topological polar surface area (TPSA) is 79.5 Å². The van der Waals surface area contributed by atoms with Gasteiger partial charge in [-0.15, -0.1) is 0 Å². The maximum atomic E-state index is 12.1. The van der Waals surface area contributed by atoms with Crippen LogP contribution in [0.15, 0.2) is 12.3 Å². The molecule has 0 saturated carbocycles. The number of pyridine rings is 1. The Bertz CT molecular complexity index is 583. The largest absolute Gasteiger partial charge is 0.366 e. The quantitative estimate of drug-likeness (QED) is 0.889. The zero-order chi connectivity index (χ0) is 17.0. The Balaban J connectivity index is 1.94. The summed E-state index contributed by atoms with van der Waals surface area (Å²) >= 11 is 6.20. The van der Waals surface area contributed by atoms with Crippen molar-refractivity contribution in [1.82, 2.24) is 9.88 Å². The fourth-order valence-electron chi connectivity index (χ4n) is 2.54. The third-order valence-corrected chi connectivity index (χ3v) is 4.25. The van der Waals surface area contributed by atoms with E-state index in [4.69, 9.17) is 17.3 Å². The van der Waals surface area contributed by atoms with Gasteiger partial charge in [-0.3, -0.25) is 9.59 Å². The minimum absolute atomic E-state index is 0.210. The Morgan fingerprint density at radius 3 is 2.48 bits per heavy atom. The average Bonchev–Trinajstić information content (AvgIpc) is 2.52. The monoisotopic (exact) mass is 338 g/mol. The van der Waals surface area contributed by atoms with Crippen molar-refractivity contribution in [2.75, 3.05) is 31.1 Å². The van der Waals surface area contributed by atoms with Gasteiger partial charge in [-0.1, -0.05) is 25.4 Å². The van der Waals surface area contributed by atoms with E-state index >= 15 is 0 Å². The Labute approximate surface area is 141 Å². The van der Waals surface area contributed by atoms with Crippen LogP contribution in [0.5, 0.6) is 0 Å². The van der Waals surface area contributed by atoms with Gasteiger partial charge in [0.15, 0.2) is 0 Å². The predicted molar refractivity (Wildman–Crippen MR) is 90.6 cm³/mol. The molecule has 0 aliphatic carbocycles. The second kappa shape index (κ2) is 7.64.